The lowest BCUT2D eigenvalue weighted by molar-refractivity contribution is -0.115. The molecular formula is C15H9ClF3NO. The van der Waals surface area contributed by atoms with Crippen LogP contribution in [0, 0.1) is 17.5 Å². The maximum Gasteiger partial charge on any atom is 0.228 e. The molecule has 3 rings (SSSR count). The van der Waals surface area contributed by atoms with Crippen molar-refractivity contribution >= 4 is 23.2 Å². The Hall–Kier alpha value is -2.01. The maximum atomic E-state index is 13.8. The van der Waals surface area contributed by atoms with Gasteiger partial charge in [0.2, 0.25) is 5.91 Å². The van der Waals surface area contributed by atoms with Crippen LogP contribution in [0.5, 0.6) is 0 Å². The second-order valence-corrected chi connectivity index (χ2v) is 5.21. The van der Waals surface area contributed by atoms with Gasteiger partial charge >= 0.3 is 0 Å². The second kappa shape index (κ2) is 5.07. The molecule has 1 N–H and O–H groups in total. The second-order valence-electron chi connectivity index (χ2n) is 4.77. The monoisotopic (exact) mass is 311 g/mol. The number of rotatable bonds is 2. The van der Waals surface area contributed by atoms with E-state index in [0.717, 1.165) is 17.7 Å². The molecule has 0 aromatic heterocycles. The number of anilines is 1. The van der Waals surface area contributed by atoms with Crippen LogP contribution in [0.25, 0.3) is 0 Å². The lowest BCUT2D eigenvalue weighted by Gasteiger charge is -2.13. The molecule has 0 aliphatic carbocycles. The van der Waals surface area contributed by atoms with Crippen LogP contribution < -0.4 is 5.32 Å². The first-order chi connectivity index (χ1) is 9.97. The van der Waals surface area contributed by atoms with Gasteiger partial charge in [0.1, 0.15) is 0 Å². The van der Waals surface area contributed by atoms with Gasteiger partial charge in [-0.3, -0.25) is 4.79 Å². The van der Waals surface area contributed by atoms with Crippen molar-refractivity contribution < 1.29 is 18.0 Å². The summed E-state index contributed by atoms with van der Waals surface area (Å²) in [5.74, 6) is -4.24. The third kappa shape index (κ3) is 2.38. The minimum atomic E-state index is -1.55. The van der Waals surface area contributed by atoms with Gasteiger partial charge in [-0.05, 0) is 23.3 Å². The number of carbonyl (C=O) groups is 1. The Balaban J connectivity index is 2.00. The third-order valence-corrected chi connectivity index (χ3v) is 3.87. The molecule has 6 heteroatoms. The zero-order valence-electron chi connectivity index (χ0n) is 10.6. The van der Waals surface area contributed by atoms with Gasteiger partial charge in [0.15, 0.2) is 17.5 Å². The molecule has 0 fully saturated rings. The molecule has 0 radical (unpaired) electrons. The Bertz CT molecular complexity index is 748. The lowest BCUT2D eigenvalue weighted by Crippen LogP contribution is -2.03. The Morgan fingerprint density at radius 3 is 2.62 bits per heavy atom. The summed E-state index contributed by atoms with van der Waals surface area (Å²) >= 11 is 6.16. The molecule has 2 aromatic rings. The summed E-state index contributed by atoms with van der Waals surface area (Å²) in [6.45, 7) is 0. The van der Waals surface area contributed by atoms with E-state index < -0.39 is 22.8 Å². The predicted octanol–water partition coefficient (Wildman–Crippen LogP) is 3.93. The number of halogens is 4. The van der Waals surface area contributed by atoms with Gasteiger partial charge in [-0.1, -0.05) is 18.2 Å². The normalized spacial score (nSPS) is 14.8. The number of alkyl halides is 1. The zero-order valence-corrected chi connectivity index (χ0v) is 11.3. The minimum absolute atomic E-state index is 0.132. The molecule has 2 nitrogen and oxygen atoms in total. The van der Waals surface area contributed by atoms with Crippen molar-refractivity contribution in [2.24, 2.45) is 0 Å². The van der Waals surface area contributed by atoms with Crippen molar-refractivity contribution in [2.75, 3.05) is 5.32 Å². The van der Waals surface area contributed by atoms with Crippen LogP contribution in [0.15, 0.2) is 30.3 Å². The molecule has 0 saturated carbocycles. The fourth-order valence-electron chi connectivity index (χ4n) is 2.32. The summed E-state index contributed by atoms with van der Waals surface area (Å²) in [5.41, 5.74) is 1.79. The highest BCUT2D eigenvalue weighted by Crippen LogP contribution is 2.35. The SMILES string of the molecule is O=C1Cc2cc(C(Cl)c3ccc(F)c(F)c3F)ccc2N1. The lowest BCUT2D eigenvalue weighted by atomic mass is 10.0. The Morgan fingerprint density at radius 1 is 1.10 bits per heavy atom. The highest BCUT2D eigenvalue weighted by Gasteiger charge is 2.23. The van der Waals surface area contributed by atoms with E-state index in [1.807, 2.05) is 0 Å². The van der Waals surface area contributed by atoms with Gasteiger partial charge in [0, 0.05) is 11.3 Å². The Labute approximate surface area is 123 Å². The van der Waals surface area contributed by atoms with Crippen LogP contribution in [-0.4, -0.2) is 5.91 Å². The first-order valence-corrected chi connectivity index (χ1v) is 6.61. The maximum absolute atomic E-state index is 13.8. The Kier molecular flexibility index (Phi) is 3.37. The van der Waals surface area contributed by atoms with E-state index in [2.05, 4.69) is 5.32 Å². The molecule has 1 atom stereocenters. The number of amides is 1. The number of hydrogen-bond acceptors (Lipinski definition) is 1. The molecule has 2 aromatic carbocycles. The van der Waals surface area contributed by atoms with Crippen LogP contribution in [0.4, 0.5) is 18.9 Å². The molecule has 0 bridgehead atoms. The summed E-state index contributed by atoms with van der Waals surface area (Å²) in [7, 11) is 0. The van der Waals surface area contributed by atoms with Crippen molar-refractivity contribution in [2.45, 2.75) is 11.8 Å². The number of hydrogen-bond donors (Lipinski definition) is 1. The van der Waals surface area contributed by atoms with E-state index in [-0.39, 0.29) is 17.9 Å². The van der Waals surface area contributed by atoms with E-state index in [1.165, 1.54) is 0 Å². The molecule has 1 heterocycles. The van der Waals surface area contributed by atoms with E-state index >= 15 is 0 Å². The van der Waals surface area contributed by atoms with Crippen LogP contribution >= 0.6 is 11.6 Å². The molecular weight excluding hydrogens is 303 g/mol. The molecule has 0 spiro atoms. The van der Waals surface area contributed by atoms with Gasteiger partial charge in [0.25, 0.3) is 0 Å². The number of benzene rings is 2. The summed E-state index contributed by atoms with van der Waals surface area (Å²) < 4.78 is 40.0. The smallest absolute Gasteiger partial charge is 0.228 e. The minimum Gasteiger partial charge on any atom is -0.326 e. The van der Waals surface area contributed by atoms with Gasteiger partial charge in [0.05, 0.1) is 11.8 Å². The number of carbonyl (C=O) groups excluding carboxylic acids is 1. The predicted molar refractivity (Wildman–Crippen MR) is 72.8 cm³/mol. The average Bonchev–Trinajstić information content (AvgIpc) is 2.83. The summed E-state index contributed by atoms with van der Waals surface area (Å²) in [6.07, 6.45) is 0.215. The first-order valence-electron chi connectivity index (χ1n) is 6.17. The van der Waals surface area contributed by atoms with Crippen molar-refractivity contribution in [3.05, 3.63) is 64.5 Å². The van der Waals surface area contributed by atoms with Gasteiger partial charge in [-0.25, -0.2) is 13.2 Å². The third-order valence-electron chi connectivity index (χ3n) is 3.39. The molecule has 0 saturated heterocycles. The van der Waals surface area contributed by atoms with Crippen molar-refractivity contribution in [1.82, 2.24) is 0 Å². The van der Waals surface area contributed by atoms with Crippen LogP contribution in [0.3, 0.4) is 0 Å². The molecule has 1 unspecified atom stereocenters. The van der Waals surface area contributed by atoms with Crippen molar-refractivity contribution in [3.63, 3.8) is 0 Å². The Morgan fingerprint density at radius 2 is 1.86 bits per heavy atom. The summed E-state index contributed by atoms with van der Waals surface area (Å²) in [6, 6.07) is 6.88. The molecule has 21 heavy (non-hydrogen) atoms. The average molecular weight is 312 g/mol. The van der Waals surface area contributed by atoms with Gasteiger partial charge < -0.3 is 5.32 Å². The standard InChI is InChI=1S/C15H9ClF3NO/c16-13(9-2-3-10(17)15(19)14(9)18)7-1-4-11-8(5-7)6-12(21)20-11/h1-5,13H,6H2,(H,20,21). The van der Waals surface area contributed by atoms with Crippen LogP contribution in [0.1, 0.15) is 22.1 Å². The van der Waals surface area contributed by atoms with Crippen LogP contribution in [0.2, 0.25) is 0 Å². The molecule has 108 valence electrons. The molecule has 1 amide bonds. The van der Waals surface area contributed by atoms with Crippen molar-refractivity contribution in [1.29, 1.82) is 0 Å². The highest BCUT2D eigenvalue weighted by molar-refractivity contribution is 6.22. The largest absolute Gasteiger partial charge is 0.326 e. The van der Waals surface area contributed by atoms with Crippen molar-refractivity contribution in [3.8, 4) is 0 Å². The van der Waals surface area contributed by atoms with Gasteiger partial charge in [-0.15, -0.1) is 11.6 Å². The number of nitrogens with one attached hydrogen (secondary N) is 1. The zero-order chi connectivity index (χ0) is 15.1. The fraction of sp³-hybridized carbons (Fsp3) is 0.133. The first kappa shape index (κ1) is 13.9. The van der Waals surface area contributed by atoms with E-state index in [9.17, 15) is 18.0 Å². The quantitative estimate of drug-likeness (QED) is 0.661. The van der Waals surface area contributed by atoms with E-state index in [0.29, 0.717) is 11.3 Å². The van der Waals surface area contributed by atoms with Gasteiger partial charge in [-0.2, -0.15) is 0 Å². The van der Waals surface area contributed by atoms with Crippen LogP contribution in [-0.2, 0) is 11.2 Å². The molecule has 1 aliphatic rings. The highest BCUT2D eigenvalue weighted by atomic mass is 35.5. The summed E-state index contributed by atoms with van der Waals surface area (Å²) in [5, 5.41) is 1.69. The topological polar surface area (TPSA) is 29.1 Å². The van der Waals surface area contributed by atoms with E-state index in [1.54, 1.807) is 18.2 Å². The summed E-state index contributed by atoms with van der Waals surface area (Å²) in [4.78, 5) is 11.3. The number of fused-ring (bicyclic) bond motifs is 1. The fourth-order valence-corrected chi connectivity index (χ4v) is 2.63. The van der Waals surface area contributed by atoms with E-state index in [4.69, 9.17) is 11.6 Å². The molecule has 1 aliphatic heterocycles.